The van der Waals surface area contributed by atoms with Crippen molar-refractivity contribution in [3.8, 4) is 0 Å². The Hall–Kier alpha value is -3.46. The van der Waals surface area contributed by atoms with Gasteiger partial charge in [0.25, 0.3) is 5.91 Å². The van der Waals surface area contributed by atoms with Gasteiger partial charge in [0.15, 0.2) is 0 Å². The molecule has 2 aromatic rings. The lowest BCUT2D eigenvalue weighted by Gasteiger charge is -2.39. The molecule has 3 saturated heterocycles. The predicted molar refractivity (Wildman–Crippen MR) is 163 cm³/mol. The smallest absolute Gasteiger partial charge is 0.253 e. The fourth-order valence-electron chi connectivity index (χ4n) is 7.32. The molecule has 0 aromatic heterocycles. The first kappa shape index (κ1) is 30.0. The highest BCUT2D eigenvalue weighted by Crippen LogP contribution is 2.65. The summed E-state index contributed by atoms with van der Waals surface area (Å²) < 4.78 is 6.89. The molecule has 3 unspecified atom stereocenters. The zero-order valence-corrected chi connectivity index (χ0v) is 24.9. The van der Waals surface area contributed by atoms with Crippen LogP contribution >= 0.6 is 11.6 Å². The lowest BCUT2D eigenvalue weighted by Crippen LogP contribution is -2.57. The fraction of sp³-hybridized carbons (Fsp3) is 0.424. The first-order valence-electron chi connectivity index (χ1n) is 14.4. The molecule has 9 heteroatoms. The average molecular weight is 592 g/mol. The zero-order chi connectivity index (χ0) is 30.2. The molecule has 3 amide bonds. The summed E-state index contributed by atoms with van der Waals surface area (Å²) in [5.74, 6) is -2.62. The number of fused-ring (bicyclic) bond motifs is 1. The van der Waals surface area contributed by atoms with Crippen LogP contribution in [0.5, 0.6) is 0 Å². The number of hydrogen-bond donors (Lipinski definition) is 1. The molecule has 2 bridgehead atoms. The third-order valence-corrected chi connectivity index (χ3v) is 9.49. The Morgan fingerprint density at radius 3 is 2.24 bits per heavy atom. The monoisotopic (exact) mass is 591 g/mol. The van der Waals surface area contributed by atoms with E-state index in [0.717, 1.165) is 0 Å². The Kier molecular flexibility index (Phi) is 8.34. The molecule has 0 aliphatic carbocycles. The summed E-state index contributed by atoms with van der Waals surface area (Å²) in [6.45, 7) is 12.1. The second-order valence-corrected chi connectivity index (χ2v) is 12.0. The number of halogens is 1. The summed E-state index contributed by atoms with van der Waals surface area (Å²) in [7, 11) is 0. The first-order valence-corrected chi connectivity index (χ1v) is 14.8. The Bertz CT molecular complexity index is 1370. The maximum atomic E-state index is 14.6. The molecule has 3 heterocycles. The van der Waals surface area contributed by atoms with E-state index in [-0.39, 0.29) is 49.9 Å². The molecule has 1 N–H and O–H groups in total. The summed E-state index contributed by atoms with van der Waals surface area (Å²) in [6, 6.07) is 15.2. The Morgan fingerprint density at radius 2 is 1.64 bits per heavy atom. The minimum atomic E-state index is -1.21. The van der Waals surface area contributed by atoms with Gasteiger partial charge in [-0.05, 0) is 62.1 Å². The molecule has 3 aliphatic rings. The van der Waals surface area contributed by atoms with Gasteiger partial charge in [0.2, 0.25) is 11.8 Å². The Balaban J connectivity index is 1.61. The maximum Gasteiger partial charge on any atom is 0.253 e. The quantitative estimate of drug-likeness (QED) is 0.390. The number of amides is 3. The van der Waals surface area contributed by atoms with Gasteiger partial charge >= 0.3 is 0 Å². The van der Waals surface area contributed by atoms with Gasteiger partial charge in [-0.15, -0.1) is 13.2 Å². The molecule has 42 heavy (non-hydrogen) atoms. The Labute approximate surface area is 252 Å². The van der Waals surface area contributed by atoms with Crippen molar-refractivity contribution in [3.05, 3.63) is 84.9 Å². The number of carbonyl (C=O) groups excluding carboxylic acids is 3. The van der Waals surface area contributed by atoms with Crippen LogP contribution in [0, 0.1) is 17.8 Å². The molecular formula is C33H38ClN3O5. The lowest BCUT2D eigenvalue weighted by molar-refractivity contribution is -0.146. The van der Waals surface area contributed by atoms with Crippen LogP contribution < -0.4 is 9.80 Å². The molecule has 6 atom stereocenters. The van der Waals surface area contributed by atoms with Crippen LogP contribution in [0.15, 0.2) is 79.9 Å². The van der Waals surface area contributed by atoms with Gasteiger partial charge in [-0.1, -0.05) is 48.9 Å². The molecule has 2 aromatic carbocycles. The van der Waals surface area contributed by atoms with Gasteiger partial charge in [-0.3, -0.25) is 14.4 Å². The van der Waals surface area contributed by atoms with E-state index in [9.17, 15) is 19.5 Å². The Morgan fingerprint density at radius 1 is 1.05 bits per heavy atom. The summed E-state index contributed by atoms with van der Waals surface area (Å²) >= 11 is 6.13. The van der Waals surface area contributed by atoms with E-state index in [2.05, 4.69) is 13.2 Å². The number of rotatable bonds is 11. The number of ether oxygens (including phenoxy) is 1. The lowest BCUT2D eigenvalue weighted by atomic mass is 9.62. The van der Waals surface area contributed by atoms with Crippen molar-refractivity contribution in [3.63, 3.8) is 0 Å². The van der Waals surface area contributed by atoms with E-state index in [1.165, 1.54) is 4.90 Å². The number of aliphatic hydroxyl groups is 1. The molecule has 1 spiro atoms. The van der Waals surface area contributed by atoms with Crippen LogP contribution in [0.4, 0.5) is 11.4 Å². The summed E-state index contributed by atoms with van der Waals surface area (Å²) in [5.41, 5.74) is -0.859. The molecular weight excluding hydrogens is 554 g/mol. The molecule has 5 rings (SSSR count). The molecule has 3 aliphatic heterocycles. The first-order chi connectivity index (χ1) is 20.1. The summed E-state index contributed by atoms with van der Waals surface area (Å²) in [5, 5.41) is 10.2. The number of anilines is 2. The van der Waals surface area contributed by atoms with Gasteiger partial charge in [-0.25, -0.2) is 0 Å². The van der Waals surface area contributed by atoms with E-state index < -0.39 is 29.1 Å². The van der Waals surface area contributed by atoms with Crippen molar-refractivity contribution < 1.29 is 24.2 Å². The van der Waals surface area contributed by atoms with Crippen LogP contribution in [0.3, 0.4) is 0 Å². The highest BCUT2D eigenvalue weighted by Gasteiger charge is 2.80. The van der Waals surface area contributed by atoms with Crippen molar-refractivity contribution in [2.45, 2.75) is 43.9 Å². The van der Waals surface area contributed by atoms with Crippen molar-refractivity contribution in [1.82, 2.24) is 4.90 Å². The van der Waals surface area contributed by atoms with Crippen LogP contribution in [0.1, 0.15) is 26.7 Å². The summed E-state index contributed by atoms with van der Waals surface area (Å²) in [4.78, 5) is 48.3. The fourth-order valence-corrected chi connectivity index (χ4v) is 7.45. The molecule has 3 fully saturated rings. The number of likely N-dealkylation sites (tertiary alicyclic amines) is 1. The predicted octanol–water partition coefficient (Wildman–Crippen LogP) is 4.47. The van der Waals surface area contributed by atoms with Crippen LogP contribution in [-0.4, -0.2) is 71.2 Å². The van der Waals surface area contributed by atoms with Gasteiger partial charge in [0.05, 0.1) is 17.4 Å². The standard InChI is InChI=1S/C33H38ClN3O5/c1-5-17-35(24-11-8-7-9-12-24)29(39)26-27-30(40)37(19-10-20-38)28(33(27)21-22(3)32(26,4)42-33)31(41)36(18-6-2)25-15-13-23(34)14-16-25/h5-9,11-16,22,26-28,38H,1-2,10,17-21H2,3-4H3/t22?,26-,27-,28?,32+,33?/m0/s1. The minimum Gasteiger partial charge on any atom is -0.396 e. The third kappa shape index (κ3) is 4.66. The van der Waals surface area contributed by atoms with E-state index in [0.29, 0.717) is 29.2 Å². The van der Waals surface area contributed by atoms with Crippen molar-refractivity contribution in [2.24, 2.45) is 17.8 Å². The number of para-hydroxylation sites is 1. The number of nitrogens with zero attached hydrogens (tertiary/aromatic N) is 3. The van der Waals surface area contributed by atoms with Gasteiger partial charge in [0.1, 0.15) is 11.6 Å². The molecule has 0 radical (unpaired) electrons. The number of carbonyl (C=O) groups is 3. The number of benzene rings is 2. The van der Waals surface area contributed by atoms with Gasteiger partial charge in [-0.2, -0.15) is 0 Å². The molecule has 0 saturated carbocycles. The molecule has 8 nitrogen and oxygen atoms in total. The average Bonchev–Trinajstić information content (AvgIpc) is 3.50. The van der Waals surface area contributed by atoms with Gasteiger partial charge < -0.3 is 24.5 Å². The van der Waals surface area contributed by atoms with E-state index in [1.54, 1.807) is 46.2 Å². The zero-order valence-electron chi connectivity index (χ0n) is 24.1. The van der Waals surface area contributed by atoms with Gasteiger partial charge in [0, 0.05) is 42.6 Å². The van der Waals surface area contributed by atoms with Crippen LogP contribution in [0.2, 0.25) is 5.02 Å². The van der Waals surface area contributed by atoms with Crippen LogP contribution in [-0.2, 0) is 19.1 Å². The highest BCUT2D eigenvalue weighted by atomic mass is 35.5. The van der Waals surface area contributed by atoms with Crippen molar-refractivity contribution in [1.29, 1.82) is 0 Å². The summed E-state index contributed by atoms with van der Waals surface area (Å²) in [6.07, 6.45) is 4.03. The third-order valence-electron chi connectivity index (χ3n) is 9.23. The number of hydrogen-bond acceptors (Lipinski definition) is 5. The van der Waals surface area contributed by atoms with E-state index >= 15 is 0 Å². The van der Waals surface area contributed by atoms with E-state index in [1.807, 2.05) is 44.2 Å². The SMILES string of the molecule is C=CCN(C(=O)C1N(CCCO)C(=O)[C@@H]2[C@@H](C(=O)N(CC=C)c3ccccc3)[C@]3(C)OC12CC3C)c1ccc(Cl)cc1. The topological polar surface area (TPSA) is 90.4 Å². The number of aliphatic hydroxyl groups excluding tert-OH is 1. The van der Waals surface area contributed by atoms with Crippen LogP contribution in [0.25, 0.3) is 0 Å². The van der Waals surface area contributed by atoms with E-state index in [4.69, 9.17) is 16.3 Å². The highest BCUT2D eigenvalue weighted by molar-refractivity contribution is 6.30. The maximum absolute atomic E-state index is 14.6. The largest absolute Gasteiger partial charge is 0.396 e. The second-order valence-electron chi connectivity index (χ2n) is 11.6. The second kappa shape index (κ2) is 11.7. The molecule has 222 valence electrons. The van der Waals surface area contributed by atoms with Crippen molar-refractivity contribution in [2.75, 3.05) is 36.0 Å². The van der Waals surface area contributed by atoms with Crippen molar-refractivity contribution >= 4 is 40.7 Å². The normalized spacial score (nSPS) is 29.3. The minimum absolute atomic E-state index is 0.103.